The molecule has 2 N–H and O–H groups in total. The maximum Gasteiger partial charge on any atom is 0.277 e. The van der Waals surface area contributed by atoms with Crippen molar-refractivity contribution < 1.29 is 8.42 Å². The summed E-state index contributed by atoms with van der Waals surface area (Å²) < 4.78 is 25.0. The van der Waals surface area contributed by atoms with Crippen molar-refractivity contribution in [3.05, 3.63) is 64.3 Å². The molecular formula is C16H14BrN3O2S. The number of H-pyrrole nitrogens is 1. The second-order valence-electron chi connectivity index (χ2n) is 4.99. The lowest BCUT2D eigenvalue weighted by Gasteiger charge is -2.05. The van der Waals surface area contributed by atoms with Gasteiger partial charge in [0, 0.05) is 26.6 Å². The van der Waals surface area contributed by atoms with Crippen molar-refractivity contribution in [2.45, 2.75) is 11.8 Å². The van der Waals surface area contributed by atoms with Crippen LogP contribution in [0.5, 0.6) is 0 Å². The van der Waals surface area contributed by atoms with Gasteiger partial charge in [0.25, 0.3) is 10.0 Å². The van der Waals surface area contributed by atoms with E-state index in [1.165, 1.54) is 12.3 Å². The van der Waals surface area contributed by atoms with Gasteiger partial charge >= 0.3 is 0 Å². The topological polar surface area (TPSA) is 74.3 Å². The molecule has 1 aromatic heterocycles. The smallest absolute Gasteiger partial charge is 0.277 e. The Morgan fingerprint density at radius 3 is 2.61 bits per heavy atom. The number of aromatic nitrogens is 1. The summed E-state index contributed by atoms with van der Waals surface area (Å²) in [5.41, 5.74) is 2.77. The lowest BCUT2D eigenvalue weighted by molar-refractivity contribution is 0.584. The summed E-state index contributed by atoms with van der Waals surface area (Å²) in [7, 11) is -3.72. The molecule has 0 aliphatic heterocycles. The van der Waals surface area contributed by atoms with Gasteiger partial charge in [-0.1, -0.05) is 30.3 Å². The van der Waals surface area contributed by atoms with Gasteiger partial charge in [-0.25, -0.2) is 4.83 Å². The van der Waals surface area contributed by atoms with E-state index in [2.05, 4.69) is 30.8 Å². The van der Waals surface area contributed by atoms with Crippen LogP contribution in [-0.4, -0.2) is 19.6 Å². The Kier molecular flexibility index (Phi) is 4.23. The maximum absolute atomic E-state index is 12.3. The first-order valence-corrected chi connectivity index (χ1v) is 9.13. The van der Waals surface area contributed by atoms with Crippen molar-refractivity contribution in [3.63, 3.8) is 0 Å². The molecule has 7 heteroatoms. The van der Waals surface area contributed by atoms with Gasteiger partial charge in [0.1, 0.15) is 4.90 Å². The van der Waals surface area contributed by atoms with Gasteiger partial charge in [-0.3, -0.25) is 0 Å². The Labute approximate surface area is 142 Å². The van der Waals surface area contributed by atoms with E-state index in [-0.39, 0.29) is 4.90 Å². The van der Waals surface area contributed by atoms with Crippen LogP contribution in [0.2, 0.25) is 0 Å². The van der Waals surface area contributed by atoms with Crippen LogP contribution in [0.25, 0.3) is 10.9 Å². The minimum absolute atomic E-state index is 0.146. The molecule has 0 bridgehead atoms. The number of benzene rings is 2. The molecule has 0 aliphatic rings. The Bertz CT molecular complexity index is 993. The van der Waals surface area contributed by atoms with E-state index in [0.717, 1.165) is 22.2 Å². The fourth-order valence-electron chi connectivity index (χ4n) is 2.34. The highest BCUT2D eigenvalue weighted by atomic mass is 79.9. The van der Waals surface area contributed by atoms with Crippen molar-refractivity contribution >= 4 is 43.1 Å². The van der Waals surface area contributed by atoms with Crippen molar-refractivity contribution in [3.8, 4) is 0 Å². The Morgan fingerprint density at radius 2 is 1.83 bits per heavy atom. The number of para-hydroxylation sites is 1. The average Bonchev–Trinajstić information content (AvgIpc) is 2.83. The van der Waals surface area contributed by atoms with Crippen LogP contribution in [0.1, 0.15) is 11.3 Å². The fraction of sp³-hybridized carbons (Fsp3) is 0.0625. The first-order valence-electron chi connectivity index (χ1n) is 6.86. The van der Waals surface area contributed by atoms with Crippen LogP contribution in [-0.2, 0) is 10.0 Å². The van der Waals surface area contributed by atoms with Crippen LogP contribution in [0, 0.1) is 6.92 Å². The number of nitrogens with one attached hydrogen (secondary N) is 2. The Morgan fingerprint density at radius 1 is 1.13 bits per heavy atom. The first-order chi connectivity index (χ1) is 11.0. The number of nitrogens with zero attached hydrogens (tertiary/aromatic N) is 1. The molecule has 0 spiro atoms. The minimum Gasteiger partial charge on any atom is -0.358 e. The molecule has 1 heterocycles. The van der Waals surface area contributed by atoms with Gasteiger partial charge in [-0.05, 0) is 41.1 Å². The molecule has 23 heavy (non-hydrogen) atoms. The van der Waals surface area contributed by atoms with Gasteiger partial charge in [0.2, 0.25) is 0 Å². The highest BCUT2D eigenvalue weighted by molar-refractivity contribution is 9.10. The van der Waals surface area contributed by atoms with Gasteiger partial charge in [-0.15, -0.1) is 0 Å². The van der Waals surface area contributed by atoms with Crippen LogP contribution < -0.4 is 4.83 Å². The van der Waals surface area contributed by atoms with E-state index in [4.69, 9.17) is 0 Å². The number of hydrogen-bond donors (Lipinski definition) is 2. The number of fused-ring (bicyclic) bond motifs is 1. The predicted molar refractivity (Wildman–Crippen MR) is 95.1 cm³/mol. The van der Waals surface area contributed by atoms with Gasteiger partial charge in [-0.2, -0.15) is 13.5 Å². The molecule has 0 saturated heterocycles. The third-order valence-electron chi connectivity index (χ3n) is 3.44. The number of rotatable bonds is 4. The SMILES string of the molecule is Cc1[nH]c2ccccc2c1C=NNS(=O)(=O)c1ccccc1Br. The van der Waals surface area contributed by atoms with Crippen LogP contribution in [0.4, 0.5) is 0 Å². The van der Waals surface area contributed by atoms with Crippen molar-refractivity contribution in [2.75, 3.05) is 0 Å². The van der Waals surface area contributed by atoms with Crippen LogP contribution >= 0.6 is 15.9 Å². The zero-order chi connectivity index (χ0) is 16.4. The predicted octanol–water partition coefficient (Wildman–Crippen LogP) is 3.55. The molecule has 2 aromatic carbocycles. The summed E-state index contributed by atoms with van der Waals surface area (Å²) in [5, 5.41) is 4.90. The van der Waals surface area contributed by atoms with Crippen LogP contribution in [0.3, 0.4) is 0 Å². The number of sulfonamides is 1. The zero-order valence-corrected chi connectivity index (χ0v) is 14.6. The number of aromatic amines is 1. The third-order valence-corrected chi connectivity index (χ3v) is 5.67. The molecule has 0 fully saturated rings. The largest absolute Gasteiger partial charge is 0.358 e. The lowest BCUT2D eigenvalue weighted by atomic mass is 10.1. The molecule has 0 radical (unpaired) electrons. The van der Waals surface area contributed by atoms with Crippen molar-refractivity contribution in [1.29, 1.82) is 0 Å². The molecular weight excluding hydrogens is 378 g/mol. The molecule has 118 valence electrons. The molecule has 3 aromatic rings. The summed E-state index contributed by atoms with van der Waals surface area (Å²) >= 11 is 3.23. The highest BCUT2D eigenvalue weighted by Gasteiger charge is 2.16. The minimum atomic E-state index is -3.72. The van der Waals surface area contributed by atoms with E-state index in [1.54, 1.807) is 18.2 Å². The van der Waals surface area contributed by atoms with Gasteiger partial charge in [0.15, 0.2) is 0 Å². The molecule has 3 rings (SSSR count). The molecule has 0 unspecified atom stereocenters. The normalized spacial score (nSPS) is 12.1. The second kappa shape index (κ2) is 6.17. The lowest BCUT2D eigenvalue weighted by Crippen LogP contribution is -2.18. The second-order valence-corrected chi connectivity index (χ2v) is 7.48. The first kappa shape index (κ1) is 15.8. The fourth-order valence-corrected chi connectivity index (χ4v) is 4.13. The summed E-state index contributed by atoms with van der Waals surface area (Å²) in [4.78, 5) is 5.63. The number of aryl methyl sites for hydroxylation is 1. The van der Waals surface area contributed by atoms with E-state index < -0.39 is 10.0 Å². The molecule has 5 nitrogen and oxygen atoms in total. The molecule has 0 aliphatic carbocycles. The van der Waals surface area contributed by atoms with Crippen molar-refractivity contribution in [2.24, 2.45) is 5.10 Å². The van der Waals surface area contributed by atoms with E-state index in [0.29, 0.717) is 4.47 Å². The van der Waals surface area contributed by atoms with Gasteiger partial charge < -0.3 is 4.98 Å². The standard InChI is InChI=1S/C16H14BrN3O2S/c1-11-13(12-6-2-4-8-15(12)19-11)10-18-20-23(21,22)16-9-5-3-7-14(16)17/h2-10,19-20H,1H3. The van der Waals surface area contributed by atoms with Crippen molar-refractivity contribution in [1.82, 2.24) is 9.82 Å². The monoisotopic (exact) mass is 391 g/mol. The van der Waals surface area contributed by atoms with Crippen LogP contribution in [0.15, 0.2) is 63.0 Å². The quantitative estimate of drug-likeness (QED) is 0.527. The molecule has 0 saturated carbocycles. The van der Waals surface area contributed by atoms with E-state index in [9.17, 15) is 8.42 Å². The highest BCUT2D eigenvalue weighted by Crippen LogP contribution is 2.22. The Hall–Kier alpha value is -2.12. The molecule has 0 atom stereocenters. The summed E-state index contributed by atoms with van der Waals surface area (Å²) in [6.45, 7) is 1.92. The van der Waals surface area contributed by atoms with Gasteiger partial charge in [0.05, 0.1) is 6.21 Å². The summed E-state index contributed by atoms with van der Waals surface area (Å²) in [6.07, 6.45) is 1.52. The molecule has 0 amide bonds. The maximum atomic E-state index is 12.3. The summed E-state index contributed by atoms with van der Waals surface area (Å²) in [6, 6.07) is 14.4. The average molecular weight is 392 g/mol. The number of hydrogen-bond acceptors (Lipinski definition) is 3. The van der Waals surface area contributed by atoms with E-state index >= 15 is 0 Å². The summed E-state index contributed by atoms with van der Waals surface area (Å²) in [5.74, 6) is 0. The number of hydrazone groups is 1. The zero-order valence-electron chi connectivity index (χ0n) is 12.2. The third kappa shape index (κ3) is 3.16. The number of halogens is 1. The Balaban J connectivity index is 1.89. The van der Waals surface area contributed by atoms with E-state index in [1.807, 2.05) is 31.2 Å².